The first kappa shape index (κ1) is 31.2. The van der Waals surface area contributed by atoms with E-state index in [4.69, 9.17) is 0 Å². The van der Waals surface area contributed by atoms with Gasteiger partial charge in [-0.15, -0.1) is 0 Å². The number of nitrogens with zero attached hydrogens (tertiary/aromatic N) is 5. The van der Waals surface area contributed by atoms with Gasteiger partial charge >= 0.3 is 0 Å². The molecule has 0 N–H and O–H groups in total. The molecular formula is C46H31N5. The van der Waals surface area contributed by atoms with Gasteiger partial charge in [0.2, 0.25) is 0 Å². The molecule has 240 valence electrons. The molecule has 1 aliphatic rings. The summed E-state index contributed by atoms with van der Waals surface area (Å²) >= 11 is 0. The molecule has 2 heterocycles. The van der Waals surface area contributed by atoms with Crippen LogP contribution in [0.2, 0.25) is 0 Å². The van der Waals surface area contributed by atoms with E-state index in [9.17, 15) is 15.8 Å². The number of para-hydroxylation sites is 1. The second-order valence-corrected chi connectivity index (χ2v) is 12.6. The van der Waals surface area contributed by atoms with Crippen molar-refractivity contribution in [2.45, 2.75) is 19.8 Å². The molecule has 0 fully saturated rings. The van der Waals surface area contributed by atoms with Crippen molar-refractivity contribution in [1.82, 2.24) is 9.13 Å². The first-order chi connectivity index (χ1) is 25.1. The van der Waals surface area contributed by atoms with E-state index in [1.807, 2.05) is 79.7 Å². The predicted molar refractivity (Wildman–Crippen MR) is 209 cm³/mol. The highest BCUT2D eigenvalue weighted by molar-refractivity contribution is 6.10. The second kappa shape index (κ2) is 12.7. The molecule has 0 bridgehead atoms. The molecule has 0 aliphatic heterocycles. The number of fused-ring (bicyclic) bond motifs is 4. The zero-order chi connectivity index (χ0) is 35.1. The van der Waals surface area contributed by atoms with Crippen LogP contribution in [0.4, 0.5) is 0 Å². The highest BCUT2D eigenvalue weighted by Crippen LogP contribution is 2.42. The highest BCUT2D eigenvalue weighted by Gasteiger charge is 2.23. The Kier molecular flexibility index (Phi) is 7.77. The van der Waals surface area contributed by atoms with E-state index in [1.54, 1.807) is 0 Å². The lowest BCUT2D eigenvalue weighted by molar-refractivity contribution is 1.03. The summed E-state index contributed by atoms with van der Waals surface area (Å²) in [5, 5.41) is 32.8. The van der Waals surface area contributed by atoms with Crippen LogP contribution in [-0.4, -0.2) is 9.13 Å². The van der Waals surface area contributed by atoms with Crippen LogP contribution in [0.15, 0.2) is 128 Å². The van der Waals surface area contributed by atoms with E-state index in [0.29, 0.717) is 16.7 Å². The van der Waals surface area contributed by atoms with Crippen LogP contribution in [0, 0.1) is 34.0 Å². The van der Waals surface area contributed by atoms with Gasteiger partial charge in [-0.3, -0.25) is 0 Å². The summed E-state index contributed by atoms with van der Waals surface area (Å²) in [7, 11) is 0. The summed E-state index contributed by atoms with van der Waals surface area (Å²) in [4.78, 5) is 0. The quantitative estimate of drug-likeness (QED) is 0.179. The van der Waals surface area contributed by atoms with Gasteiger partial charge in [0.05, 0.1) is 57.1 Å². The predicted octanol–water partition coefficient (Wildman–Crippen LogP) is 11.4. The molecule has 0 amide bonds. The molecule has 0 radical (unpaired) electrons. The van der Waals surface area contributed by atoms with Crippen LogP contribution in [0.25, 0.3) is 72.9 Å². The number of hydrogen-bond acceptors (Lipinski definition) is 3. The summed E-state index contributed by atoms with van der Waals surface area (Å²) in [6, 6.07) is 41.4. The zero-order valence-corrected chi connectivity index (χ0v) is 28.1. The second-order valence-electron chi connectivity index (χ2n) is 12.6. The van der Waals surface area contributed by atoms with E-state index in [-0.39, 0.29) is 0 Å². The molecule has 5 aromatic carbocycles. The first-order valence-corrected chi connectivity index (χ1v) is 16.9. The normalized spacial score (nSPS) is 12.8. The van der Waals surface area contributed by atoms with Gasteiger partial charge in [-0.2, -0.15) is 15.8 Å². The van der Waals surface area contributed by atoms with E-state index < -0.39 is 0 Å². The minimum Gasteiger partial charge on any atom is -0.309 e. The molecule has 0 saturated heterocycles. The first-order valence-electron chi connectivity index (χ1n) is 16.9. The molecule has 0 spiro atoms. The fourth-order valence-electron chi connectivity index (χ4n) is 7.64. The molecule has 51 heavy (non-hydrogen) atoms. The van der Waals surface area contributed by atoms with Crippen LogP contribution >= 0.6 is 0 Å². The average Bonchev–Trinajstić information content (AvgIpc) is 3.68. The van der Waals surface area contributed by atoms with Gasteiger partial charge in [-0.25, -0.2) is 0 Å². The van der Waals surface area contributed by atoms with E-state index >= 15 is 0 Å². The molecule has 0 atom stereocenters. The highest BCUT2D eigenvalue weighted by atomic mass is 15.0. The number of benzene rings is 5. The molecule has 0 saturated carbocycles. The minimum atomic E-state index is 0.600. The largest absolute Gasteiger partial charge is 0.309 e. The topological polar surface area (TPSA) is 81.2 Å². The van der Waals surface area contributed by atoms with Gasteiger partial charge in [0.15, 0.2) is 0 Å². The fraction of sp³-hybridized carbons (Fsp3) is 0.0652. The Hall–Kier alpha value is -7.13. The summed E-state index contributed by atoms with van der Waals surface area (Å²) in [5.41, 5.74) is 12.9. The van der Waals surface area contributed by atoms with Gasteiger partial charge < -0.3 is 9.13 Å². The van der Waals surface area contributed by atoms with Crippen molar-refractivity contribution < 1.29 is 0 Å². The third-order valence-corrected chi connectivity index (χ3v) is 9.81. The number of aromatic nitrogens is 2. The summed E-state index contributed by atoms with van der Waals surface area (Å²) in [5.74, 6) is 0. The van der Waals surface area contributed by atoms with E-state index in [1.165, 1.54) is 0 Å². The van der Waals surface area contributed by atoms with Crippen molar-refractivity contribution in [2.24, 2.45) is 0 Å². The third-order valence-electron chi connectivity index (χ3n) is 9.81. The zero-order valence-electron chi connectivity index (χ0n) is 28.1. The maximum atomic E-state index is 10.5. The van der Waals surface area contributed by atoms with Gasteiger partial charge in [0.25, 0.3) is 0 Å². The van der Waals surface area contributed by atoms with Crippen molar-refractivity contribution in [3.63, 3.8) is 0 Å². The molecule has 0 unspecified atom stereocenters. The average molecular weight is 654 g/mol. The van der Waals surface area contributed by atoms with Gasteiger partial charge in [0, 0.05) is 38.7 Å². The molecule has 8 rings (SSSR count). The molecule has 2 aromatic heterocycles. The lowest BCUT2D eigenvalue weighted by atomic mass is 9.86. The standard InChI is InChI=1S/C46H31N5/c1-3-10-41-35(4-2)39-25-30(27-47)18-24-45(39)51(41)43-16-8-5-12-36(43)38-14-9-11-33(29-49)46(38)32-19-21-34(22-20-32)50-42-15-7-6-13-37(42)40-26-31(28-48)17-23-44(40)50/h3-4,6-11,13-26H,2,5,12H2,1H3/b10-3-. The van der Waals surface area contributed by atoms with Gasteiger partial charge in [0.1, 0.15) is 0 Å². The summed E-state index contributed by atoms with van der Waals surface area (Å²) in [6.07, 6.45) is 12.0. The Morgan fingerprint density at radius 1 is 0.706 bits per heavy atom. The lowest BCUT2D eigenvalue weighted by Gasteiger charge is -2.23. The Bertz CT molecular complexity index is 2790. The lowest BCUT2D eigenvalue weighted by Crippen LogP contribution is -2.06. The molecule has 1 aliphatic carbocycles. The van der Waals surface area contributed by atoms with Crippen LogP contribution < -0.4 is 0 Å². The van der Waals surface area contributed by atoms with Crippen LogP contribution in [-0.2, 0) is 0 Å². The van der Waals surface area contributed by atoms with Gasteiger partial charge in [-0.1, -0.05) is 67.3 Å². The Labute approximate surface area is 296 Å². The summed E-state index contributed by atoms with van der Waals surface area (Å²) in [6.45, 7) is 6.15. The van der Waals surface area contributed by atoms with Crippen molar-refractivity contribution in [3.8, 4) is 35.0 Å². The SMILES string of the molecule is C=Cc1c(/C=C\C)n(C2=C(c3cccc(C#N)c3-c3ccc(-n4c5ccccc5c5cc(C#N)ccc54)cc3)CCC=C2)c2ccc(C#N)cc12. The van der Waals surface area contributed by atoms with Crippen LogP contribution in [0.3, 0.4) is 0 Å². The van der Waals surface area contributed by atoms with Crippen molar-refractivity contribution in [2.75, 3.05) is 0 Å². The maximum Gasteiger partial charge on any atom is 0.0998 e. The Balaban J connectivity index is 1.34. The number of nitriles is 3. The number of allylic oxidation sites excluding steroid dienone is 5. The van der Waals surface area contributed by atoms with Crippen molar-refractivity contribution >= 4 is 56.1 Å². The Morgan fingerprint density at radius 3 is 2.12 bits per heavy atom. The van der Waals surface area contributed by atoms with E-state index in [0.717, 1.165) is 90.5 Å². The number of rotatable bonds is 6. The van der Waals surface area contributed by atoms with E-state index in [2.05, 4.69) is 94.6 Å². The molecule has 7 aromatic rings. The molecule has 5 nitrogen and oxygen atoms in total. The van der Waals surface area contributed by atoms with Gasteiger partial charge in [-0.05, 0) is 109 Å². The van der Waals surface area contributed by atoms with Crippen LogP contribution in [0.5, 0.6) is 0 Å². The van der Waals surface area contributed by atoms with Crippen molar-refractivity contribution in [3.05, 3.63) is 161 Å². The fourth-order valence-corrected chi connectivity index (χ4v) is 7.64. The maximum absolute atomic E-state index is 10.5. The van der Waals surface area contributed by atoms with Crippen molar-refractivity contribution in [1.29, 1.82) is 15.8 Å². The Morgan fingerprint density at radius 2 is 1.41 bits per heavy atom. The third kappa shape index (κ3) is 4.98. The molecule has 5 heteroatoms. The smallest absolute Gasteiger partial charge is 0.0998 e. The monoisotopic (exact) mass is 653 g/mol. The minimum absolute atomic E-state index is 0.600. The number of hydrogen-bond donors (Lipinski definition) is 0. The summed E-state index contributed by atoms with van der Waals surface area (Å²) < 4.78 is 4.50. The van der Waals surface area contributed by atoms with Crippen LogP contribution in [0.1, 0.15) is 53.3 Å². The molecular weight excluding hydrogens is 623 g/mol.